The van der Waals surface area contributed by atoms with Crippen molar-refractivity contribution in [2.75, 3.05) is 6.54 Å². The Kier molecular flexibility index (Phi) is 7.18. The highest BCUT2D eigenvalue weighted by molar-refractivity contribution is 5.88. The van der Waals surface area contributed by atoms with Gasteiger partial charge in [-0.05, 0) is 31.2 Å². The molecule has 1 aromatic heterocycles. The standard InChI is InChI=1S/C21H26N4O5/c26-19(25-10-4-7-18(25)21(29)30)17(11-15-12-22-13-23-15)24-16(20(27)28)9-8-14-5-2-1-3-6-14/h1-3,5-6,12-13,16-18,24H,4,7-11H2,(H,22,23)(H,27,28)(H,29,30)/t16?,17-,18-/m0/s1. The van der Waals surface area contributed by atoms with Crippen LogP contribution in [0.2, 0.25) is 0 Å². The summed E-state index contributed by atoms with van der Waals surface area (Å²) in [6.45, 7) is 0.346. The molecule has 1 aromatic carbocycles. The zero-order valence-electron chi connectivity index (χ0n) is 16.5. The highest BCUT2D eigenvalue weighted by Crippen LogP contribution is 2.20. The summed E-state index contributed by atoms with van der Waals surface area (Å²) < 4.78 is 0. The molecule has 2 heterocycles. The van der Waals surface area contributed by atoms with E-state index in [0.29, 0.717) is 37.9 Å². The number of aryl methyl sites for hydroxylation is 1. The number of amides is 1. The van der Waals surface area contributed by atoms with Crippen LogP contribution in [0.25, 0.3) is 0 Å². The Bertz CT molecular complexity index is 856. The SMILES string of the molecule is O=C(O)C(CCc1ccccc1)N[C@@H](Cc1cnc[nH]1)C(=O)N1CCC[C@H]1C(=O)O. The average molecular weight is 414 g/mol. The van der Waals surface area contributed by atoms with Crippen molar-refractivity contribution in [2.24, 2.45) is 0 Å². The van der Waals surface area contributed by atoms with Gasteiger partial charge in [-0.2, -0.15) is 0 Å². The third-order valence-corrected chi connectivity index (χ3v) is 5.36. The van der Waals surface area contributed by atoms with Gasteiger partial charge in [0.15, 0.2) is 0 Å². The lowest BCUT2D eigenvalue weighted by Gasteiger charge is -2.29. The first-order valence-corrected chi connectivity index (χ1v) is 9.99. The van der Waals surface area contributed by atoms with Gasteiger partial charge in [0.1, 0.15) is 12.1 Å². The zero-order chi connectivity index (χ0) is 21.5. The lowest BCUT2D eigenvalue weighted by Crippen LogP contribution is -2.55. The number of carbonyl (C=O) groups excluding carboxylic acids is 1. The van der Waals surface area contributed by atoms with E-state index >= 15 is 0 Å². The zero-order valence-corrected chi connectivity index (χ0v) is 16.5. The van der Waals surface area contributed by atoms with Gasteiger partial charge < -0.3 is 20.1 Å². The minimum absolute atomic E-state index is 0.191. The molecule has 3 atom stereocenters. The van der Waals surface area contributed by atoms with Gasteiger partial charge in [-0.1, -0.05) is 30.3 Å². The second-order valence-electron chi connectivity index (χ2n) is 7.44. The minimum atomic E-state index is -1.05. The maximum absolute atomic E-state index is 13.2. The Morgan fingerprint density at radius 1 is 1.20 bits per heavy atom. The number of carboxylic acids is 2. The van der Waals surface area contributed by atoms with Crippen molar-refractivity contribution in [1.82, 2.24) is 20.2 Å². The third-order valence-electron chi connectivity index (χ3n) is 5.36. The topological polar surface area (TPSA) is 136 Å². The fraction of sp³-hybridized carbons (Fsp3) is 0.429. The van der Waals surface area contributed by atoms with Gasteiger partial charge in [0.25, 0.3) is 0 Å². The fourth-order valence-corrected chi connectivity index (χ4v) is 3.80. The predicted octanol–water partition coefficient (Wildman–Crippen LogP) is 1.07. The first kappa shape index (κ1) is 21.5. The minimum Gasteiger partial charge on any atom is -0.480 e. The summed E-state index contributed by atoms with van der Waals surface area (Å²) >= 11 is 0. The molecule has 0 radical (unpaired) electrons. The van der Waals surface area contributed by atoms with Crippen LogP contribution in [0.3, 0.4) is 0 Å². The van der Waals surface area contributed by atoms with E-state index in [1.807, 2.05) is 30.3 Å². The summed E-state index contributed by atoms with van der Waals surface area (Å²) in [5.41, 5.74) is 1.67. The van der Waals surface area contributed by atoms with Crippen LogP contribution in [-0.2, 0) is 27.2 Å². The second-order valence-corrected chi connectivity index (χ2v) is 7.44. The van der Waals surface area contributed by atoms with E-state index in [-0.39, 0.29) is 6.42 Å². The van der Waals surface area contributed by atoms with Crippen molar-refractivity contribution in [1.29, 1.82) is 0 Å². The Balaban J connectivity index is 1.75. The highest BCUT2D eigenvalue weighted by atomic mass is 16.4. The second kappa shape index (κ2) is 10.0. The Hall–Kier alpha value is -3.20. The summed E-state index contributed by atoms with van der Waals surface area (Å²) in [4.78, 5) is 44.8. The summed E-state index contributed by atoms with van der Waals surface area (Å²) in [5, 5.41) is 22.1. The van der Waals surface area contributed by atoms with E-state index in [0.717, 1.165) is 5.56 Å². The number of imidazole rings is 1. The number of H-pyrrole nitrogens is 1. The number of rotatable bonds is 10. The smallest absolute Gasteiger partial charge is 0.326 e. The van der Waals surface area contributed by atoms with Gasteiger partial charge in [0.2, 0.25) is 5.91 Å². The van der Waals surface area contributed by atoms with Gasteiger partial charge in [-0.15, -0.1) is 0 Å². The lowest BCUT2D eigenvalue weighted by atomic mass is 10.0. The number of aromatic amines is 1. The number of benzene rings is 1. The van der Waals surface area contributed by atoms with Crippen LogP contribution >= 0.6 is 0 Å². The Morgan fingerprint density at radius 3 is 2.60 bits per heavy atom. The maximum atomic E-state index is 13.2. The van der Waals surface area contributed by atoms with E-state index < -0.39 is 36.0 Å². The molecule has 1 fully saturated rings. The number of carboxylic acid groups (broad SMARTS) is 2. The number of hydrogen-bond donors (Lipinski definition) is 4. The average Bonchev–Trinajstić information content (AvgIpc) is 3.42. The molecule has 1 aliphatic heterocycles. The molecule has 9 heteroatoms. The van der Waals surface area contributed by atoms with E-state index in [1.54, 1.807) is 6.20 Å². The highest BCUT2D eigenvalue weighted by Gasteiger charge is 2.38. The summed E-state index contributed by atoms with van der Waals surface area (Å²) in [7, 11) is 0. The molecule has 1 unspecified atom stereocenters. The van der Waals surface area contributed by atoms with Gasteiger partial charge in [-0.25, -0.2) is 9.78 Å². The summed E-state index contributed by atoms with van der Waals surface area (Å²) in [6, 6.07) is 6.82. The molecular weight excluding hydrogens is 388 g/mol. The van der Waals surface area contributed by atoms with Gasteiger partial charge in [-0.3, -0.25) is 14.9 Å². The van der Waals surface area contributed by atoms with Crippen molar-refractivity contribution in [2.45, 2.75) is 50.2 Å². The van der Waals surface area contributed by atoms with Crippen LogP contribution in [0.5, 0.6) is 0 Å². The van der Waals surface area contributed by atoms with E-state index in [2.05, 4.69) is 15.3 Å². The molecule has 0 bridgehead atoms. The molecule has 4 N–H and O–H groups in total. The number of aliphatic carboxylic acids is 2. The summed E-state index contributed by atoms with van der Waals surface area (Å²) in [5.74, 6) is -2.50. The molecule has 0 saturated carbocycles. The van der Waals surface area contributed by atoms with E-state index in [1.165, 1.54) is 11.2 Å². The molecule has 2 aromatic rings. The van der Waals surface area contributed by atoms with Crippen LogP contribution in [0.1, 0.15) is 30.5 Å². The van der Waals surface area contributed by atoms with E-state index in [9.17, 15) is 24.6 Å². The number of carbonyl (C=O) groups is 3. The first-order chi connectivity index (χ1) is 14.5. The fourth-order valence-electron chi connectivity index (χ4n) is 3.80. The van der Waals surface area contributed by atoms with Crippen LogP contribution in [0.15, 0.2) is 42.9 Å². The normalized spacial score (nSPS) is 18.1. The number of nitrogens with zero attached hydrogens (tertiary/aromatic N) is 2. The molecule has 0 aliphatic carbocycles. The molecule has 0 spiro atoms. The van der Waals surface area contributed by atoms with Crippen LogP contribution in [-0.4, -0.2) is 67.6 Å². The number of nitrogens with one attached hydrogen (secondary N) is 2. The first-order valence-electron chi connectivity index (χ1n) is 9.99. The molecular formula is C21H26N4O5. The number of hydrogen-bond acceptors (Lipinski definition) is 5. The van der Waals surface area contributed by atoms with Crippen molar-refractivity contribution >= 4 is 17.8 Å². The molecule has 1 amide bonds. The van der Waals surface area contributed by atoms with Gasteiger partial charge in [0, 0.05) is 24.9 Å². The molecule has 9 nitrogen and oxygen atoms in total. The molecule has 1 aliphatic rings. The van der Waals surface area contributed by atoms with Crippen LogP contribution < -0.4 is 5.32 Å². The largest absolute Gasteiger partial charge is 0.480 e. The monoisotopic (exact) mass is 414 g/mol. The number of likely N-dealkylation sites (tertiary alicyclic amines) is 1. The predicted molar refractivity (Wildman–Crippen MR) is 108 cm³/mol. The third kappa shape index (κ3) is 5.44. The quantitative estimate of drug-likeness (QED) is 0.457. The van der Waals surface area contributed by atoms with Crippen molar-refractivity contribution in [3.05, 3.63) is 54.1 Å². The Labute approximate surface area is 174 Å². The Morgan fingerprint density at radius 2 is 1.97 bits per heavy atom. The van der Waals surface area contributed by atoms with Crippen LogP contribution in [0.4, 0.5) is 0 Å². The van der Waals surface area contributed by atoms with E-state index in [4.69, 9.17) is 0 Å². The number of aromatic nitrogens is 2. The molecule has 160 valence electrons. The lowest BCUT2D eigenvalue weighted by molar-refractivity contribution is -0.149. The van der Waals surface area contributed by atoms with Gasteiger partial charge >= 0.3 is 11.9 Å². The van der Waals surface area contributed by atoms with Crippen molar-refractivity contribution in [3.8, 4) is 0 Å². The van der Waals surface area contributed by atoms with Crippen LogP contribution in [0, 0.1) is 0 Å². The van der Waals surface area contributed by atoms with Gasteiger partial charge in [0.05, 0.1) is 12.4 Å². The molecule has 1 saturated heterocycles. The molecule has 3 rings (SSSR count). The van der Waals surface area contributed by atoms with Crippen molar-refractivity contribution in [3.63, 3.8) is 0 Å². The maximum Gasteiger partial charge on any atom is 0.326 e. The molecule has 30 heavy (non-hydrogen) atoms. The summed E-state index contributed by atoms with van der Waals surface area (Å²) in [6.07, 6.45) is 5.09. The van der Waals surface area contributed by atoms with Crippen molar-refractivity contribution < 1.29 is 24.6 Å².